The first kappa shape index (κ1) is 21.5. The number of imide groups is 2. The molecular weight excluding hydrogens is 386 g/mol. The van der Waals surface area contributed by atoms with Crippen molar-refractivity contribution < 1.29 is 28.7 Å². The Balaban J connectivity index is 2.22. The van der Waals surface area contributed by atoms with Crippen LogP contribution in [0, 0.1) is 6.92 Å². The second kappa shape index (κ2) is 8.51. The van der Waals surface area contributed by atoms with Crippen molar-refractivity contribution in [1.82, 2.24) is 9.80 Å². The summed E-state index contributed by atoms with van der Waals surface area (Å²) < 4.78 is 5.06. The quantitative estimate of drug-likeness (QED) is 0.418. The van der Waals surface area contributed by atoms with E-state index in [4.69, 9.17) is 4.74 Å². The minimum absolute atomic E-state index is 0.187. The molecule has 1 N–H and O–H groups in total. The van der Waals surface area contributed by atoms with Gasteiger partial charge in [-0.1, -0.05) is 6.92 Å². The molecule has 1 aromatic heterocycles. The highest BCUT2D eigenvalue weighted by Crippen LogP contribution is 2.34. The maximum Gasteiger partial charge on any atom is 0.341 e. The molecule has 1 fully saturated rings. The lowest BCUT2D eigenvalue weighted by Crippen LogP contribution is -2.40. The first-order chi connectivity index (χ1) is 13.1. The zero-order valence-corrected chi connectivity index (χ0v) is 17.3. The van der Waals surface area contributed by atoms with E-state index in [2.05, 4.69) is 5.32 Å². The Morgan fingerprint density at radius 3 is 2.29 bits per heavy atom. The van der Waals surface area contributed by atoms with Crippen LogP contribution < -0.4 is 5.32 Å². The topological polar surface area (TPSA) is 113 Å². The van der Waals surface area contributed by atoms with Crippen molar-refractivity contribution >= 4 is 46.1 Å². The minimum atomic E-state index is -1.05. The van der Waals surface area contributed by atoms with Gasteiger partial charge in [-0.3, -0.25) is 19.3 Å². The largest absolute Gasteiger partial charge is 0.462 e. The molecule has 2 rings (SSSR count). The smallest absolute Gasteiger partial charge is 0.341 e. The minimum Gasteiger partial charge on any atom is -0.462 e. The van der Waals surface area contributed by atoms with E-state index in [-0.39, 0.29) is 12.2 Å². The normalized spacial score (nSPS) is 14.3. The summed E-state index contributed by atoms with van der Waals surface area (Å²) in [6.07, 6.45) is 0.666. The monoisotopic (exact) mass is 409 g/mol. The molecule has 2 heterocycles. The number of rotatable bonds is 7. The van der Waals surface area contributed by atoms with Crippen LogP contribution in [-0.2, 0) is 25.5 Å². The summed E-state index contributed by atoms with van der Waals surface area (Å²) in [5.41, 5.74) is 0.978. The number of esters is 1. The third-order valence-corrected chi connectivity index (χ3v) is 5.55. The molecule has 0 saturated carbocycles. The number of ether oxygens (including phenoxy) is 1. The van der Waals surface area contributed by atoms with E-state index in [1.807, 2.05) is 6.92 Å². The molecule has 0 atom stereocenters. The van der Waals surface area contributed by atoms with Crippen molar-refractivity contribution in [1.29, 1.82) is 0 Å². The maximum atomic E-state index is 12.5. The van der Waals surface area contributed by atoms with Gasteiger partial charge >= 0.3 is 23.8 Å². The number of hydrogen-bond donors (Lipinski definition) is 1. The van der Waals surface area contributed by atoms with Crippen LogP contribution in [0.1, 0.15) is 48.5 Å². The fourth-order valence-corrected chi connectivity index (χ4v) is 4.01. The van der Waals surface area contributed by atoms with Gasteiger partial charge in [0.2, 0.25) is 5.91 Å². The molecule has 0 bridgehead atoms. The second-order valence-corrected chi connectivity index (χ2v) is 7.52. The average molecular weight is 409 g/mol. The number of carbonyl (C=O) groups is 5. The Hall–Kier alpha value is -2.75. The molecule has 0 spiro atoms. The van der Waals surface area contributed by atoms with Gasteiger partial charge < -0.3 is 10.1 Å². The first-order valence-electron chi connectivity index (χ1n) is 8.92. The Labute approximate surface area is 166 Å². The first-order valence-corrected chi connectivity index (χ1v) is 9.73. The number of nitrogens with zero attached hydrogens (tertiary/aromatic N) is 2. The van der Waals surface area contributed by atoms with Gasteiger partial charge in [0.15, 0.2) is 0 Å². The molecule has 0 aromatic carbocycles. The fourth-order valence-electron chi connectivity index (χ4n) is 2.86. The van der Waals surface area contributed by atoms with Crippen LogP contribution in [0.15, 0.2) is 0 Å². The molecule has 0 unspecified atom stereocenters. The van der Waals surface area contributed by atoms with Crippen LogP contribution in [0.3, 0.4) is 0 Å². The molecule has 0 radical (unpaired) electrons. The molecule has 0 aliphatic carbocycles. The lowest BCUT2D eigenvalue weighted by atomic mass is 10.1. The fraction of sp³-hybridized carbons (Fsp3) is 0.500. The molecule has 1 aliphatic heterocycles. The van der Waals surface area contributed by atoms with Gasteiger partial charge in [0.1, 0.15) is 11.5 Å². The summed E-state index contributed by atoms with van der Waals surface area (Å²) in [5, 5.41) is 2.87. The van der Waals surface area contributed by atoms with Crippen molar-refractivity contribution in [3.8, 4) is 0 Å². The average Bonchev–Trinajstić information content (AvgIpc) is 3.03. The van der Waals surface area contributed by atoms with Gasteiger partial charge in [0.05, 0.1) is 12.2 Å². The highest BCUT2D eigenvalue weighted by molar-refractivity contribution is 7.17. The molecule has 1 aromatic rings. The van der Waals surface area contributed by atoms with Crippen molar-refractivity contribution in [3.05, 3.63) is 16.0 Å². The lowest BCUT2D eigenvalue weighted by molar-refractivity contribution is -0.144. The van der Waals surface area contributed by atoms with Crippen molar-refractivity contribution in [2.75, 3.05) is 18.5 Å². The van der Waals surface area contributed by atoms with Gasteiger partial charge in [0, 0.05) is 10.9 Å². The summed E-state index contributed by atoms with van der Waals surface area (Å²) in [4.78, 5) is 63.3. The number of nitrogens with one attached hydrogen (secondary N) is 1. The van der Waals surface area contributed by atoms with Crippen LogP contribution in [0.25, 0.3) is 0 Å². The zero-order chi connectivity index (χ0) is 21.2. The van der Waals surface area contributed by atoms with Crippen LogP contribution in [0.2, 0.25) is 0 Å². The van der Waals surface area contributed by atoms with E-state index in [1.54, 1.807) is 27.7 Å². The van der Waals surface area contributed by atoms with Crippen LogP contribution in [0.5, 0.6) is 0 Å². The molecule has 1 saturated heterocycles. The van der Waals surface area contributed by atoms with Gasteiger partial charge in [-0.15, -0.1) is 11.3 Å². The third kappa shape index (κ3) is 3.91. The van der Waals surface area contributed by atoms with E-state index in [0.29, 0.717) is 16.3 Å². The van der Waals surface area contributed by atoms with E-state index < -0.39 is 42.3 Å². The molecule has 10 heteroatoms. The zero-order valence-electron chi connectivity index (χ0n) is 16.5. The number of thiophene rings is 1. The number of amides is 5. The molecule has 9 nitrogen and oxygen atoms in total. The van der Waals surface area contributed by atoms with Crippen LogP contribution in [0.4, 0.5) is 9.80 Å². The van der Waals surface area contributed by atoms with Crippen molar-refractivity contribution in [2.24, 2.45) is 0 Å². The van der Waals surface area contributed by atoms with Crippen molar-refractivity contribution in [3.63, 3.8) is 0 Å². The molecule has 5 amide bonds. The number of urea groups is 1. The Morgan fingerprint density at radius 2 is 1.79 bits per heavy atom. The van der Waals surface area contributed by atoms with Crippen molar-refractivity contribution in [2.45, 2.75) is 47.1 Å². The number of anilines is 1. The SMILES string of the molecule is CCOC(=O)c1c(NC(=O)CN2C(=O)C(=O)N(C(C)C)C2=O)sc(CC)c1C. The van der Waals surface area contributed by atoms with Gasteiger partial charge in [-0.25, -0.2) is 14.5 Å². The summed E-state index contributed by atoms with van der Waals surface area (Å²) in [6, 6.07) is -1.33. The van der Waals surface area contributed by atoms with Crippen LogP contribution in [-0.4, -0.2) is 58.7 Å². The molecular formula is C18H23N3O6S. The van der Waals surface area contributed by atoms with E-state index in [1.165, 1.54) is 11.3 Å². The Morgan fingerprint density at radius 1 is 1.14 bits per heavy atom. The molecule has 1 aliphatic rings. The van der Waals surface area contributed by atoms with E-state index >= 15 is 0 Å². The van der Waals surface area contributed by atoms with E-state index in [9.17, 15) is 24.0 Å². The lowest BCUT2D eigenvalue weighted by Gasteiger charge is -2.18. The molecule has 152 valence electrons. The second-order valence-electron chi connectivity index (χ2n) is 6.42. The number of aryl methyl sites for hydroxylation is 1. The predicted molar refractivity (Wildman–Crippen MR) is 102 cm³/mol. The van der Waals surface area contributed by atoms with Gasteiger partial charge in [0.25, 0.3) is 0 Å². The summed E-state index contributed by atoms with van der Waals surface area (Å²) >= 11 is 1.24. The summed E-state index contributed by atoms with van der Waals surface area (Å²) in [7, 11) is 0. The number of hydrogen-bond acceptors (Lipinski definition) is 7. The summed E-state index contributed by atoms with van der Waals surface area (Å²) in [5.74, 6) is -3.24. The van der Waals surface area contributed by atoms with Gasteiger partial charge in [-0.05, 0) is 39.7 Å². The number of carbonyl (C=O) groups excluding carboxylic acids is 5. The van der Waals surface area contributed by atoms with E-state index in [0.717, 1.165) is 15.3 Å². The van der Waals surface area contributed by atoms with Crippen LogP contribution >= 0.6 is 11.3 Å². The summed E-state index contributed by atoms with van der Waals surface area (Å²) in [6.45, 7) is 8.13. The third-order valence-electron chi connectivity index (χ3n) is 4.20. The van der Waals surface area contributed by atoms with Gasteiger partial charge in [-0.2, -0.15) is 0 Å². The Kier molecular flexibility index (Phi) is 6.55. The Bertz CT molecular complexity index is 845. The standard InChI is InChI=1S/C18H23N3O6S/c1-6-11-10(5)13(17(25)27-7-2)14(28-11)19-12(22)8-20-15(23)16(24)21(9(3)4)18(20)26/h9H,6-8H2,1-5H3,(H,19,22). The highest BCUT2D eigenvalue weighted by atomic mass is 32.1. The molecule has 28 heavy (non-hydrogen) atoms. The maximum absolute atomic E-state index is 12.5. The highest BCUT2D eigenvalue weighted by Gasteiger charge is 2.46. The predicted octanol–water partition coefficient (Wildman–Crippen LogP) is 1.93.